The number of benzene rings is 1. The molecular weight excluding hydrogens is 428 g/mol. The number of piperidine rings is 1. The van der Waals surface area contributed by atoms with Crippen molar-refractivity contribution in [2.45, 2.75) is 49.4 Å². The van der Waals surface area contributed by atoms with Gasteiger partial charge < -0.3 is 14.7 Å². The van der Waals surface area contributed by atoms with Crippen molar-refractivity contribution in [2.75, 3.05) is 11.3 Å². The summed E-state index contributed by atoms with van der Waals surface area (Å²) >= 11 is 1.06. The van der Waals surface area contributed by atoms with Gasteiger partial charge in [-0.3, -0.25) is 9.52 Å². The van der Waals surface area contributed by atoms with E-state index in [-0.39, 0.29) is 33.5 Å². The molecule has 1 fully saturated rings. The van der Waals surface area contributed by atoms with Crippen molar-refractivity contribution in [3.63, 3.8) is 0 Å². The number of ether oxygens (including phenoxy) is 1. The molecule has 1 aliphatic rings. The molecule has 2 N–H and O–H groups in total. The second-order valence-electron chi connectivity index (χ2n) is 7.28. The van der Waals surface area contributed by atoms with Crippen LogP contribution in [0.15, 0.2) is 39.9 Å². The average Bonchev–Trinajstić information content (AvgIpc) is 3.21. The normalized spacial score (nSPS) is 19.3. The van der Waals surface area contributed by atoms with Crippen LogP contribution in [-0.2, 0) is 19.6 Å². The van der Waals surface area contributed by atoms with Gasteiger partial charge in [-0.25, -0.2) is 13.2 Å². The van der Waals surface area contributed by atoms with E-state index in [1.54, 1.807) is 16.3 Å². The zero-order valence-electron chi connectivity index (χ0n) is 16.7. The molecule has 162 valence electrons. The van der Waals surface area contributed by atoms with E-state index in [2.05, 4.69) is 4.72 Å². The third-order valence-electron chi connectivity index (χ3n) is 5.04. The van der Waals surface area contributed by atoms with E-state index >= 15 is 0 Å². The van der Waals surface area contributed by atoms with Gasteiger partial charge in [0, 0.05) is 18.2 Å². The third-order valence-corrected chi connectivity index (χ3v) is 7.82. The summed E-state index contributed by atoms with van der Waals surface area (Å²) in [5, 5.41) is 11.8. The van der Waals surface area contributed by atoms with Gasteiger partial charge in [-0.05, 0) is 56.7 Å². The van der Waals surface area contributed by atoms with Crippen LogP contribution in [0.2, 0.25) is 0 Å². The van der Waals surface area contributed by atoms with Crippen molar-refractivity contribution >= 4 is 38.9 Å². The number of esters is 1. The molecule has 2 heterocycles. The number of sulfonamides is 1. The zero-order chi connectivity index (χ0) is 21.9. The van der Waals surface area contributed by atoms with Gasteiger partial charge in [0.05, 0.1) is 5.69 Å². The third kappa shape index (κ3) is 4.93. The molecular formula is C20H24N2O6S2. The summed E-state index contributed by atoms with van der Waals surface area (Å²) in [5.74, 6) is -1.58. The monoisotopic (exact) mass is 452 g/mol. The first-order chi connectivity index (χ1) is 14.2. The van der Waals surface area contributed by atoms with Gasteiger partial charge in [0.1, 0.15) is 15.5 Å². The zero-order valence-corrected chi connectivity index (χ0v) is 18.3. The standard InChI is InChI=1S/C20H24N2O6S2/c1-13-5-3-6-14(2)22(13)18(24)12-28-20(25)16-9-8-15(11-17(16)23)21-30(26,27)19-7-4-10-29-19/h4,7-11,13-14,21,23H,3,5-6,12H2,1-2H3. The van der Waals surface area contributed by atoms with Gasteiger partial charge in [-0.1, -0.05) is 6.07 Å². The number of anilines is 1. The lowest BCUT2D eigenvalue weighted by atomic mass is 9.97. The van der Waals surface area contributed by atoms with Gasteiger partial charge in [-0.2, -0.15) is 0 Å². The van der Waals surface area contributed by atoms with Crippen LogP contribution in [-0.4, -0.2) is 49.0 Å². The Kier molecular flexibility index (Phi) is 6.67. The molecule has 0 saturated carbocycles. The molecule has 0 spiro atoms. The Labute approximate surface area is 179 Å². The second kappa shape index (κ2) is 9.05. The number of nitrogens with one attached hydrogen (secondary N) is 1. The van der Waals surface area contributed by atoms with E-state index in [0.717, 1.165) is 36.7 Å². The number of phenolic OH excluding ortho intramolecular Hbond substituents is 1. The first-order valence-electron chi connectivity index (χ1n) is 9.56. The Morgan fingerprint density at radius 2 is 1.93 bits per heavy atom. The summed E-state index contributed by atoms with van der Waals surface area (Å²) in [6, 6.07) is 6.96. The van der Waals surface area contributed by atoms with E-state index in [4.69, 9.17) is 4.74 Å². The first-order valence-corrected chi connectivity index (χ1v) is 11.9. The van der Waals surface area contributed by atoms with Gasteiger partial charge in [0.2, 0.25) is 0 Å². The average molecular weight is 453 g/mol. The number of amides is 1. The quantitative estimate of drug-likeness (QED) is 0.651. The summed E-state index contributed by atoms with van der Waals surface area (Å²) in [6.45, 7) is 3.52. The van der Waals surface area contributed by atoms with Gasteiger partial charge in [0.25, 0.3) is 15.9 Å². The van der Waals surface area contributed by atoms with Crippen molar-refractivity contribution in [3.8, 4) is 5.75 Å². The number of carbonyl (C=O) groups excluding carboxylic acids is 2. The summed E-state index contributed by atoms with van der Waals surface area (Å²) in [6.07, 6.45) is 2.88. The Morgan fingerprint density at radius 3 is 2.53 bits per heavy atom. The molecule has 2 aromatic rings. The fourth-order valence-electron chi connectivity index (χ4n) is 3.58. The topological polar surface area (TPSA) is 113 Å². The van der Waals surface area contributed by atoms with Crippen LogP contribution in [0.5, 0.6) is 5.75 Å². The smallest absolute Gasteiger partial charge is 0.342 e. The van der Waals surface area contributed by atoms with E-state index in [9.17, 15) is 23.1 Å². The van der Waals surface area contributed by atoms with Crippen molar-refractivity contribution in [1.29, 1.82) is 0 Å². The van der Waals surface area contributed by atoms with Crippen LogP contribution in [0.4, 0.5) is 5.69 Å². The minimum Gasteiger partial charge on any atom is -0.507 e. The molecule has 2 atom stereocenters. The predicted molar refractivity (Wildman–Crippen MR) is 113 cm³/mol. The molecule has 30 heavy (non-hydrogen) atoms. The number of carbonyl (C=O) groups is 2. The molecule has 1 aliphatic heterocycles. The van der Waals surface area contributed by atoms with E-state index in [0.29, 0.717) is 0 Å². The Hall–Kier alpha value is -2.59. The molecule has 0 bridgehead atoms. The molecule has 1 aromatic carbocycles. The highest BCUT2D eigenvalue weighted by Gasteiger charge is 2.29. The van der Waals surface area contributed by atoms with E-state index in [1.165, 1.54) is 18.2 Å². The summed E-state index contributed by atoms with van der Waals surface area (Å²) in [5.41, 5.74) is -0.0499. The highest BCUT2D eigenvalue weighted by molar-refractivity contribution is 7.94. The van der Waals surface area contributed by atoms with Crippen LogP contribution in [0.25, 0.3) is 0 Å². The van der Waals surface area contributed by atoms with Crippen LogP contribution in [0.1, 0.15) is 43.5 Å². The maximum Gasteiger partial charge on any atom is 0.342 e. The van der Waals surface area contributed by atoms with Crippen molar-refractivity contribution in [3.05, 3.63) is 41.3 Å². The number of nitrogens with zero attached hydrogens (tertiary/aromatic N) is 1. The number of likely N-dealkylation sites (tertiary alicyclic amines) is 1. The number of rotatable bonds is 6. The van der Waals surface area contributed by atoms with Gasteiger partial charge in [0.15, 0.2) is 6.61 Å². The summed E-state index contributed by atoms with van der Waals surface area (Å²) in [7, 11) is -3.77. The number of hydrogen-bond acceptors (Lipinski definition) is 7. The minimum atomic E-state index is -3.77. The lowest BCUT2D eigenvalue weighted by molar-refractivity contribution is -0.140. The summed E-state index contributed by atoms with van der Waals surface area (Å²) in [4.78, 5) is 26.5. The molecule has 1 aromatic heterocycles. The van der Waals surface area contributed by atoms with Gasteiger partial charge in [-0.15, -0.1) is 11.3 Å². The lowest BCUT2D eigenvalue weighted by Crippen LogP contribution is -2.49. The van der Waals surface area contributed by atoms with Crippen LogP contribution >= 0.6 is 11.3 Å². The fraction of sp³-hybridized carbons (Fsp3) is 0.400. The van der Waals surface area contributed by atoms with Crippen LogP contribution in [0.3, 0.4) is 0 Å². The molecule has 2 unspecified atom stereocenters. The fourth-order valence-corrected chi connectivity index (χ4v) is 5.62. The second-order valence-corrected chi connectivity index (χ2v) is 10.1. The highest BCUT2D eigenvalue weighted by atomic mass is 32.2. The van der Waals surface area contributed by atoms with Crippen molar-refractivity contribution < 1.29 is 27.9 Å². The number of phenols is 1. The summed E-state index contributed by atoms with van der Waals surface area (Å²) < 4.78 is 32.1. The lowest BCUT2D eigenvalue weighted by Gasteiger charge is -2.38. The molecule has 0 aliphatic carbocycles. The van der Waals surface area contributed by atoms with Crippen LogP contribution in [0, 0.1) is 0 Å². The highest BCUT2D eigenvalue weighted by Crippen LogP contribution is 2.26. The molecule has 1 saturated heterocycles. The van der Waals surface area contributed by atoms with Crippen molar-refractivity contribution in [2.24, 2.45) is 0 Å². The van der Waals surface area contributed by atoms with Crippen molar-refractivity contribution in [1.82, 2.24) is 4.90 Å². The Bertz CT molecular complexity index is 1010. The molecule has 8 nitrogen and oxygen atoms in total. The number of thiophene rings is 1. The first kappa shape index (κ1) is 22.1. The Balaban J connectivity index is 1.63. The molecule has 0 radical (unpaired) electrons. The maximum atomic E-state index is 12.5. The van der Waals surface area contributed by atoms with E-state index in [1.807, 2.05) is 13.8 Å². The van der Waals surface area contributed by atoms with Gasteiger partial charge >= 0.3 is 5.97 Å². The predicted octanol–water partition coefficient (Wildman–Crippen LogP) is 3.20. The molecule has 10 heteroatoms. The molecule has 1 amide bonds. The van der Waals surface area contributed by atoms with Crippen LogP contribution < -0.4 is 4.72 Å². The number of hydrogen-bond donors (Lipinski definition) is 2. The largest absolute Gasteiger partial charge is 0.507 e. The SMILES string of the molecule is CC1CCCC(C)N1C(=O)COC(=O)c1ccc(NS(=O)(=O)c2cccs2)cc1O. The minimum absolute atomic E-state index is 0.0870. The molecule has 3 rings (SSSR count). The van der Waals surface area contributed by atoms with E-state index < -0.39 is 28.3 Å². The number of aromatic hydroxyl groups is 1. The maximum absolute atomic E-state index is 12.5. The Morgan fingerprint density at radius 1 is 1.23 bits per heavy atom.